The molecule has 7 nitrogen and oxygen atoms in total. The quantitative estimate of drug-likeness (QED) is 0.121. The summed E-state index contributed by atoms with van der Waals surface area (Å²) in [7, 11) is 1.48. The third-order valence-electron chi connectivity index (χ3n) is 5.27. The van der Waals surface area contributed by atoms with Crippen LogP contribution in [0.3, 0.4) is 0 Å². The highest BCUT2D eigenvalue weighted by Crippen LogP contribution is 2.28. The van der Waals surface area contributed by atoms with Crippen molar-refractivity contribution < 1.29 is 24.2 Å². The van der Waals surface area contributed by atoms with Gasteiger partial charge >= 0.3 is 0 Å². The first-order valence-electron chi connectivity index (χ1n) is 10.1. The second kappa shape index (κ2) is 8.92. The Bertz CT molecular complexity index is 1400. The van der Waals surface area contributed by atoms with E-state index in [2.05, 4.69) is 4.98 Å². The minimum atomic E-state index is -0.972. The summed E-state index contributed by atoms with van der Waals surface area (Å²) in [5.74, 6) is -1.77. The number of fused-ring (bicyclic) bond motifs is 1. The van der Waals surface area contributed by atoms with E-state index in [0.717, 1.165) is 0 Å². The van der Waals surface area contributed by atoms with E-state index in [1.54, 1.807) is 66.7 Å². The number of methoxy groups -OCH3 is 1. The number of allylic oxidation sites excluding steroid dienone is 1. The van der Waals surface area contributed by atoms with Crippen LogP contribution >= 0.6 is 0 Å². The Morgan fingerprint density at radius 3 is 2.15 bits per heavy atom. The molecule has 1 aromatic heterocycles. The number of ether oxygens (including phenoxy) is 1. The molecule has 0 aliphatic carbocycles. The van der Waals surface area contributed by atoms with Crippen molar-refractivity contribution >= 4 is 33.9 Å². The van der Waals surface area contributed by atoms with Gasteiger partial charge in [-0.1, -0.05) is 60.7 Å². The second-order valence-electron chi connectivity index (χ2n) is 7.31. The number of benzene rings is 3. The van der Waals surface area contributed by atoms with E-state index in [0.29, 0.717) is 16.0 Å². The number of Topliss-reactive ketones (excluding diaryl/α,β-unsaturated/α-hetero) is 2. The molecule has 1 N–H and O–H groups in total. The molecule has 4 aromatic rings. The van der Waals surface area contributed by atoms with E-state index < -0.39 is 17.3 Å². The van der Waals surface area contributed by atoms with Gasteiger partial charge in [0.15, 0.2) is 0 Å². The number of ketones is 2. The van der Waals surface area contributed by atoms with Gasteiger partial charge in [0.1, 0.15) is 28.3 Å². The van der Waals surface area contributed by atoms with Crippen molar-refractivity contribution in [2.45, 2.75) is 6.92 Å². The van der Waals surface area contributed by atoms with Crippen LogP contribution in [0.15, 0.2) is 78.9 Å². The molecule has 0 saturated heterocycles. The number of hydrogen-bond acceptors (Lipinski definition) is 6. The van der Waals surface area contributed by atoms with Gasteiger partial charge in [-0.3, -0.25) is 9.59 Å². The smallest absolute Gasteiger partial charge is 0.242 e. The number of carbonyl (C=O) groups excluding carboxylic acids is 2. The van der Waals surface area contributed by atoms with E-state index in [-0.39, 0.29) is 33.6 Å². The maximum atomic E-state index is 13.4. The van der Waals surface area contributed by atoms with Gasteiger partial charge in [0.2, 0.25) is 22.8 Å². The van der Waals surface area contributed by atoms with Crippen molar-refractivity contribution in [3.8, 4) is 5.75 Å². The molecule has 0 saturated carbocycles. The Labute approximate surface area is 189 Å². The highest BCUT2D eigenvalue weighted by molar-refractivity contribution is 6.59. The Morgan fingerprint density at radius 2 is 1.55 bits per heavy atom. The van der Waals surface area contributed by atoms with Crippen molar-refractivity contribution in [3.05, 3.63) is 107 Å². The molecule has 0 bridgehead atoms. The number of hydrogen-bond donors (Lipinski definition) is 1. The topological polar surface area (TPSA) is 103 Å². The molecule has 33 heavy (non-hydrogen) atoms. The third-order valence-corrected chi connectivity index (χ3v) is 5.27. The summed E-state index contributed by atoms with van der Waals surface area (Å²) in [6, 6.07) is 21.1. The average Bonchev–Trinajstić information content (AvgIpc) is 2.87. The van der Waals surface area contributed by atoms with E-state index in [9.17, 15) is 19.9 Å². The molecule has 164 valence electrons. The number of aliphatic hydroxyl groups excluding tert-OH is 1. The Kier molecular flexibility index (Phi) is 5.87. The highest BCUT2D eigenvalue weighted by atomic mass is 16.5. The van der Waals surface area contributed by atoms with Gasteiger partial charge < -0.3 is 15.1 Å². The van der Waals surface area contributed by atoms with E-state index >= 15 is 0 Å². The van der Waals surface area contributed by atoms with E-state index in [1.165, 1.54) is 26.2 Å². The number of rotatable bonds is 6. The number of carbonyl (C=O) groups is 2. The van der Waals surface area contributed by atoms with Gasteiger partial charge in [0.05, 0.1) is 7.11 Å². The molecular formula is C26H20N2O5. The van der Waals surface area contributed by atoms with Crippen molar-refractivity contribution in [1.29, 1.82) is 0 Å². The van der Waals surface area contributed by atoms with Crippen LogP contribution in [0.2, 0.25) is 0 Å². The lowest BCUT2D eigenvalue weighted by Gasteiger charge is -2.14. The molecule has 4 rings (SSSR count). The zero-order valence-corrected chi connectivity index (χ0v) is 18.0. The lowest BCUT2D eigenvalue weighted by molar-refractivity contribution is -0.584. The van der Waals surface area contributed by atoms with Crippen LogP contribution in [-0.2, 0) is 4.79 Å². The molecular weight excluding hydrogens is 420 g/mol. The predicted octanol–water partition coefficient (Wildman–Crippen LogP) is 4.06. The molecule has 3 aromatic carbocycles. The summed E-state index contributed by atoms with van der Waals surface area (Å²) in [6.45, 7) is 1.48. The zero-order valence-electron chi connectivity index (χ0n) is 18.0. The van der Waals surface area contributed by atoms with Gasteiger partial charge in [-0.05, 0) is 6.07 Å². The van der Waals surface area contributed by atoms with Crippen LogP contribution in [0, 0.1) is 12.1 Å². The Morgan fingerprint density at radius 1 is 0.939 bits per heavy atom. The lowest BCUT2D eigenvalue weighted by atomic mass is 9.94. The summed E-state index contributed by atoms with van der Waals surface area (Å²) >= 11 is 0. The molecule has 0 radical (unpaired) electrons. The average molecular weight is 440 g/mol. The second-order valence-corrected chi connectivity index (χ2v) is 7.31. The first-order chi connectivity index (χ1) is 15.9. The van der Waals surface area contributed by atoms with Crippen LogP contribution in [0.5, 0.6) is 5.75 Å². The highest BCUT2D eigenvalue weighted by Gasteiger charge is 2.31. The third kappa shape index (κ3) is 4.04. The summed E-state index contributed by atoms with van der Waals surface area (Å²) < 4.78 is 5.84. The SMILES string of the molecule is COc1ccc2c(c1)nc(/C(C(=O)C(=O)c1ccccc1)=C(\O)c1ccccc1)c(C)[n+]2[O-]. The van der Waals surface area contributed by atoms with Gasteiger partial charge in [-0.25, -0.2) is 4.98 Å². The number of aromatic nitrogens is 2. The van der Waals surface area contributed by atoms with Crippen molar-refractivity contribution in [3.63, 3.8) is 0 Å². The van der Waals surface area contributed by atoms with E-state index in [1.807, 2.05) is 0 Å². The van der Waals surface area contributed by atoms with Gasteiger partial charge in [0.25, 0.3) is 0 Å². The monoisotopic (exact) mass is 440 g/mol. The molecule has 0 aliphatic heterocycles. The zero-order chi connectivity index (χ0) is 23.5. The van der Waals surface area contributed by atoms with Gasteiger partial charge in [-0.2, -0.15) is 4.73 Å². The number of nitrogens with zero attached hydrogens (tertiary/aromatic N) is 2. The van der Waals surface area contributed by atoms with Crippen molar-refractivity contribution in [1.82, 2.24) is 4.98 Å². The summed E-state index contributed by atoms with van der Waals surface area (Å²) in [4.78, 5) is 31.0. The van der Waals surface area contributed by atoms with Crippen LogP contribution in [0.1, 0.15) is 27.3 Å². The molecule has 0 spiro atoms. The first-order valence-corrected chi connectivity index (χ1v) is 10.1. The predicted molar refractivity (Wildman–Crippen MR) is 124 cm³/mol. The lowest BCUT2D eigenvalue weighted by Crippen LogP contribution is -2.34. The molecule has 0 aliphatic rings. The van der Waals surface area contributed by atoms with Crippen LogP contribution < -0.4 is 9.47 Å². The Balaban J connectivity index is 2.00. The largest absolute Gasteiger partial charge is 0.618 e. The summed E-state index contributed by atoms with van der Waals surface area (Å²) in [6.07, 6.45) is 0. The fourth-order valence-corrected chi connectivity index (χ4v) is 3.51. The molecule has 7 heteroatoms. The number of aliphatic hydroxyl groups is 1. The molecule has 0 unspecified atom stereocenters. The maximum absolute atomic E-state index is 13.4. The minimum Gasteiger partial charge on any atom is -0.618 e. The van der Waals surface area contributed by atoms with Crippen LogP contribution in [-0.4, -0.2) is 28.8 Å². The first kappa shape index (κ1) is 21.7. The fraction of sp³-hybridized carbons (Fsp3) is 0.0769. The molecule has 1 heterocycles. The summed E-state index contributed by atoms with van der Waals surface area (Å²) in [5.41, 5.74) is 0.630. The normalized spacial score (nSPS) is 11.7. The Hall–Kier alpha value is -4.52. The fourth-order valence-electron chi connectivity index (χ4n) is 3.51. The van der Waals surface area contributed by atoms with Gasteiger partial charge in [0, 0.05) is 30.2 Å². The van der Waals surface area contributed by atoms with Crippen LogP contribution in [0.25, 0.3) is 22.4 Å². The van der Waals surface area contributed by atoms with E-state index in [4.69, 9.17) is 4.74 Å². The van der Waals surface area contributed by atoms with Gasteiger partial charge in [-0.15, -0.1) is 0 Å². The molecule has 0 atom stereocenters. The van der Waals surface area contributed by atoms with Crippen molar-refractivity contribution in [2.24, 2.45) is 0 Å². The standard InChI is InChI=1S/C26H20N2O5/c1-16-23(27-20-15-19(33-2)13-14-21(20)28(16)32)22(24(29)17-9-5-3-6-10-17)26(31)25(30)18-11-7-4-8-12-18/h3-15,29H,1-2H3/b24-22+. The van der Waals surface area contributed by atoms with Crippen molar-refractivity contribution in [2.75, 3.05) is 7.11 Å². The molecule has 0 fully saturated rings. The summed E-state index contributed by atoms with van der Waals surface area (Å²) in [5, 5.41) is 24.1. The maximum Gasteiger partial charge on any atom is 0.242 e. The molecule has 0 amide bonds. The van der Waals surface area contributed by atoms with Crippen LogP contribution in [0.4, 0.5) is 0 Å². The minimum absolute atomic E-state index is 0.0689.